The van der Waals surface area contributed by atoms with Crippen LogP contribution in [0.2, 0.25) is 0 Å². The van der Waals surface area contributed by atoms with E-state index in [0.717, 1.165) is 16.9 Å². The van der Waals surface area contributed by atoms with Crippen LogP contribution in [-0.4, -0.2) is 19.6 Å². The summed E-state index contributed by atoms with van der Waals surface area (Å²) in [6, 6.07) is 5.74. The van der Waals surface area contributed by atoms with Crippen LogP contribution < -0.4 is 10.1 Å². The summed E-state index contributed by atoms with van der Waals surface area (Å²) < 4.78 is 5.15. The van der Waals surface area contributed by atoms with E-state index in [2.05, 4.69) is 17.2 Å². The van der Waals surface area contributed by atoms with Gasteiger partial charge in [0, 0.05) is 12.5 Å². The fourth-order valence-corrected chi connectivity index (χ4v) is 1.27. The van der Waals surface area contributed by atoms with E-state index in [1.165, 1.54) is 6.92 Å². The minimum absolute atomic E-state index is 0.0692. The minimum atomic E-state index is -0.0692. The van der Waals surface area contributed by atoms with Crippen molar-refractivity contribution in [2.45, 2.75) is 13.8 Å². The van der Waals surface area contributed by atoms with E-state index in [9.17, 15) is 4.79 Å². The second-order valence-corrected chi connectivity index (χ2v) is 3.40. The second kappa shape index (κ2) is 5.82. The first-order chi connectivity index (χ1) is 7.63. The Hall–Kier alpha value is -1.95. The molecule has 1 aromatic carbocycles. The quantitative estimate of drug-likeness (QED) is 0.762. The number of methoxy groups -OCH3 is 1. The Balaban J connectivity index is 2.67. The summed E-state index contributed by atoms with van der Waals surface area (Å²) in [5, 5.41) is 2.62. The van der Waals surface area contributed by atoms with E-state index in [1.807, 2.05) is 25.1 Å². The zero-order chi connectivity index (χ0) is 12.0. The highest BCUT2D eigenvalue weighted by Gasteiger charge is 1.97. The van der Waals surface area contributed by atoms with Crippen LogP contribution in [0, 0.1) is 18.8 Å². The maximum atomic E-state index is 10.6. The van der Waals surface area contributed by atoms with Gasteiger partial charge in [-0.3, -0.25) is 4.79 Å². The fourth-order valence-electron chi connectivity index (χ4n) is 1.27. The van der Waals surface area contributed by atoms with Gasteiger partial charge in [-0.15, -0.1) is 0 Å². The Kier molecular flexibility index (Phi) is 4.41. The van der Waals surface area contributed by atoms with Crippen LogP contribution in [-0.2, 0) is 4.79 Å². The summed E-state index contributed by atoms with van der Waals surface area (Å²) in [7, 11) is 1.64. The molecule has 3 heteroatoms. The van der Waals surface area contributed by atoms with Gasteiger partial charge in [0.2, 0.25) is 5.91 Å². The molecule has 0 radical (unpaired) electrons. The molecule has 0 spiro atoms. The van der Waals surface area contributed by atoms with Crippen molar-refractivity contribution in [1.29, 1.82) is 0 Å². The van der Waals surface area contributed by atoms with Crippen LogP contribution >= 0.6 is 0 Å². The molecule has 0 bridgehead atoms. The maximum Gasteiger partial charge on any atom is 0.217 e. The minimum Gasteiger partial charge on any atom is -0.496 e. The molecule has 0 aliphatic rings. The highest BCUT2D eigenvalue weighted by atomic mass is 16.5. The van der Waals surface area contributed by atoms with Crippen LogP contribution in [0.25, 0.3) is 0 Å². The Morgan fingerprint density at radius 2 is 2.25 bits per heavy atom. The largest absolute Gasteiger partial charge is 0.496 e. The van der Waals surface area contributed by atoms with Crippen molar-refractivity contribution in [3.8, 4) is 17.6 Å². The van der Waals surface area contributed by atoms with Gasteiger partial charge in [-0.25, -0.2) is 0 Å². The molecule has 0 aliphatic carbocycles. The summed E-state index contributed by atoms with van der Waals surface area (Å²) in [6.45, 7) is 3.82. The summed E-state index contributed by atoms with van der Waals surface area (Å²) in [4.78, 5) is 10.6. The van der Waals surface area contributed by atoms with Crippen molar-refractivity contribution >= 4 is 5.91 Å². The van der Waals surface area contributed by atoms with Gasteiger partial charge in [0.1, 0.15) is 5.75 Å². The standard InChI is InChI=1S/C13H15NO2/c1-10-9-12(6-7-13(10)16-3)5-4-8-14-11(2)15/h6-7,9H,8H2,1-3H3,(H,14,15). The van der Waals surface area contributed by atoms with Gasteiger partial charge >= 0.3 is 0 Å². The number of carbonyl (C=O) groups is 1. The maximum absolute atomic E-state index is 10.6. The number of hydrogen-bond acceptors (Lipinski definition) is 2. The predicted molar refractivity (Wildman–Crippen MR) is 63.3 cm³/mol. The molecule has 0 aliphatic heterocycles. The molecule has 84 valence electrons. The van der Waals surface area contributed by atoms with E-state index < -0.39 is 0 Å². The summed E-state index contributed by atoms with van der Waals surface area (Å²) in [5.41, 5.74) is 1.97. The Bertz CT molecular complexity index is 441. The van der Waals surface area contributed by atoms with Gasteiger partial charge < -0.3 is 10.1 Å². The molecule has 16 heavy (non-hydrogen) atoms. The molecule has 3 nitrogen and oxygen atoms in total. The molecular formula is C13H15NO2. The van der Waals surface area contributed by atoms with Crippen LogP contribution in [0.15, 0.2) is 18.2 Å². The second-order valence-electron chi connectivity index (χ2n) is 3.40. The van der Waals surface area contributed by atoms with Crippen molar-refractivity contribution in [2.24, 2.45) is 0 Å². The molecular weight excluding hydrogens is 202 g/mol. The Morgan fingerprint density at radius 3 is 2.81 bits per heavy atom. The molecule has 1 rings (SSSR count). The molecule has 1 N–H and O–H groups in total. The van der Waals surface area contributed by atoms with E-state index in [1.54, 1.807) is 7.11 Å². The topological polar surface area (TPSA) is 38.3 Å². The van der Waals surface area contributed by atoms with Crippen molar-refractivity contribution in [3.63, 3.8) is 0 Å². The average Bonchev–Trinajstić information content (AvgIpc) is 2.24. The van der Waals surface area contributed by atoms with Crippen LogP contribution in [0.5, 0.6) is 5.75 Å². The number of amides is 1. The number of ether oxygens (including phenoxy) is 1. The van der Waals surface area contributed by atoms with Crippen LogP contribution in [0.3, 0.4) is 0 Å². The zero-order valence-electron chi connectivity index (χ0n) is 9.76. The molecule has 1 aromatic rings. The molecule has 1 amide bonds. The van der Waals surface area contributed by atoms with Gasteiger partial charge in [0.15, 0.2) is 0 Å². The van der Waals surface area contributed by atoms with Gasteiger partial charge in [0.25, 0.3) is 0 Å². The van der Waals surface area contributed by atoms with E-state index in [-0.39, 0.29) is 5.91 Å². The smallest absolute Gasteiger partial charge is 0.217 e. The van der Waals surface area contributed by atoms with E-state index in [4.69, 9.17) is 4.74 Å². The highest BCUT2D eigenvalue weighted by Crippen LogP contribution is 2.17. The SMILES string of the molecule is COc1ccc(C#CCNC(C)=O)cc1C. The lowest BCUT2D eigenvalue weighted by molar-refractivity contribution is -0.118. The molecule has 0 saturated heterocycles. The van der Waals surface area contributed by atoms with Crippen molar-refractivity contribution in [1.82, 2.24) is 5.32 Å². The third-order valence-corrected chi connectivity index (χ3v) is 2.05. The first-order valence-electron chi connectivity index (χ1n) is 5.01. The lowest BCUT2D eigenvalue weighted by Crippen LogP contribution is -2.19. The molecule has 0 aromatic heterocycles. The monoisotopic (exact) mass is 217 g/mol. The Labute approximate surface area is 95.8 Å². The number of aryl methyl sites for hydroxylation is 1. The molecule has 0 heterocycles. The summed E-state index contributed by atoms with van der Waals surface area (Å²) >= 11 is 0. The predicted octanol–water partition coefficient (Wildman–Crippen LogP) is 1.49. The normalized spacial score (nSPS) is 8.94. The van der Waals surface area contributed by atoms with E-state index in [0.29, 0.717) is 6.54 Å². The molecule has 0 unspecified atom stereocenters. The Morgan fingerprint density at radius 1 is 1.50 bits per heavy atom. The van der Waals surface area contributed by atoms with Gasteiger partial charge in [-0.05, 0) is 30.7 Å². The first-order valence-corrected chi connectivity index (χ1v) is 5.01. The lowest BCUT2D eigenvalue weighted by atomic mass is 10.1. The first kappa shape index (κ1) is 12.1. The van der Waals surface area contributed by atoms with Crippen molar-refractivity contribution < 1.29 is 9.53 Å². The van der Waals surface area contributed by atoms with Gasteiger partial charge in [0.05, 0.1) is 13.7 Å². The zero-order valence-corrected chi connectivity index (χ0v) is 9.76. The summed E-state index contributed by atoms with van der Waals surface area (Å²) in [6.07, 6.45) is 0. The number of hydrogen-bond donors (Lipinski definition) is 1. The van der Waals surface area contributed by atoms with Crippen LogP contribution in [0.1, 0.15) is 18.1 Å². The van der Waals surface area contributed by atoms with Gasteiger partial charge in [-0.2, -0.15) is 0 Å². The molecule has 0 saturated carbocycles. The third kappa shape index (κ3) is 3.66. The number of benzene rings is 1. The average molecular weight is 217 g/mol. The third-order valence-electron chi connectivity index (χ3n) is 2.05. The highest BCUT2D eigenvalue weighted by molar-refractivity contribution is 5.73. The molecule has 0 atom stereocenters. The lowest BCUT2D eigenvalue weighted by Gasteiger charge is -2.03. The number of carbonyl (C=O) groups excluding carboxylic acids is 1. The van der Waals surface area contributed by atoms with Gasteiger partial charge in [-0.1, -0.05) is 11.8 Å². The fraction of sp³-hybridized carbons (Fsp3) is 0.308. The number of nitrogens with one attached hydrogen (secondary N) is 1. The van der Waals surface area contributed by atoms with Crippen molar-refractivity contribution in [2.75, 3.05) is 13.7 Å². The number of rotatable bonds is 2. The van der Waals surface area contributed by atoms with E-state index >= 15 is 0 Å². The summed E-state index contributed by atoms with van der Waals surface area (Å²) in [5.74, 6) is 6.63. The molecule has 0 fully saturated rings. The van der Waals surface area contributed by atoms with Crippen LogP contribution in [0.4, 0.5) is 0 Å². The van der Waals surface area contributed by atoms with Crippen molar-refractivity contribution in [3.05, 3.63) is 29.3 Å².